The number of hydrogen-bond donors (Lipinski definition) is 0. The maximum atomic E-state index is 3.96. The van der Waals surface area contributed by atoms with E-state index in [0.717, 1.165) is 6.42 Å². The van der Waals surface area contributed by atoms with E-state index in [0.29, 0.717) is 0 Å². The van der Waals surface area contributed by atoms with Gasteiger partial charge in [0.15, 0.2) is 0 Å². The van der Waals surface area contributed by atoms with Gasteiger partial charge in [0.2, 0.25) is 0 Å². The van der Waals surface area contributed by atoms with Gasteiger partial charge in [0.25, 0.3) is 0 Å². The number of nitrogens with zero attached hydrogens (tertiary/aromatic N) is 4. The van der Waals surface area contributed by atoms with Crippen LogP contribution in [0.1, 0.15) is 26.2 Å². The number of hydrogen-bond acceptors (Lipinski definition) is 4. The molecule has 0 amide bonds. The molecule has 0 bridgehead atoms. The molecular formula is C6H10N4. The maximum Gasteiger partial charge on any atom is 0.322 e. The Morgan fingerprint density at radius 3 is 2.50 bits per heavy atom. The van der Waals surface area contributed by atoms with Gasteiger partial charge in [0, 0.05) is 0 Å². The van der Waals surface area contributed by atoms with Crippen molar-refractivity contribution in [3.05, 3.63) is 0 Å². The summed E-state index contributed by atoms with van der Waals surface area (Å²) in [7, 11) is 0. The van der Waals surface area contributed by atoms with Crippen LogP contribution < -0.4 is 0 Å². The number of rotatable bonds is 3. The summed E-state index contributed by atoms with van der Waals surface area (Å²) in [6.45, 7) is 2.17. The molecule has 10 heavy (non-hydrogen) atoms. The van der Waals surface area contributed by atoms with Crippen molar-refractivity contribution in [3.63, 3.8) is 0 Å². The first-order valence-electron chi connectivity index (χ1n) is 3.73. The lowest BCUT2D eigenvalue weighted by molar-refractivity contribution is 0.332. The Morgan fingerprint density at radius 1 is 1.30 bits per heavy atom. The molecule has 1 spiro atoms. The summed E-state index contributed by atoms with van der Waals surface area (Å²) in [5, 5.41) is 15.5. The lowest BCUT2D eigenvalue weighted by atomic mass is 10.0. The highest BCUT2D eigenvalue weighted by Gasteiger charge is 2.54. The third kappa shape index (κ3) is 0.678. The van der Waals surface area contributed by atoms with Crippen molar-refractivity contribution < 1.29 is 0 Å². The largest absolute Gasteiger partial charge is 0.322 e. The zero-order valence-corrected chi connectivity index (χ0v) is 5.99. The third-order valence-electron chi connectivity index (χ3n) is 1.93. The third-order valence-corrected chi connectivity index (χ3v) is 1.93. The van der Waals surface area contributed by atoms with E-state index in [2.05, 4.69) is 27.4 Å². The van der Waals surface area contributed by atoms with Crippen LogP contribution in [-0.4, -0.2) is 11.8 Å². The molecule has 2 aliphatic heterocycles. The van der Waals surface area contributed by atoms with Crippen LogP contribution in [0.25, 0.3) is 0 Å². The second kappa shape index (κ2) is 1.84. The molecule has 0 fully saturated rings. The Morgan fingerprint density at radius 2 is 2.10 bits per heavy atom. The topological polar surface area (TPSA) is 49.4 Å². The number of unbranched alkanes of at least 4 members (excludes halogenated alkanes) is 1. The fraction of sp³-hybridized carbons (Fsp3) is 1.00. The number of azo groups is 1. The average molecular weight is 138 g/mol. The van der Waals surface area contributed by atoms with Crippen LogP contribution in [0.2, 0.25) is 0 Å². The maximum absolute atomic E-state index is 3.96. The SMILES string of the molecule is CCCCC1N=NC12N=N2. The first-order chi connectivity index (χ1) is 4.87. The quantitative estimate of drug-likeness (QED) is 0.573. The smallest absolute Gasteiger partial charge is 0.179 e. The molecule has 0 aliphatic carbocycles. The minimum Gasteiger partial charge on any atom is -0.179 e. The summed E-state index contributed by atoms with van der Waals surface area (Å²) in [4.78, 5) is 0. The highest BCUT2D eigenvalue weighted by molar-refractivity contribution is 5.05. The fourth-order valence-electron chi connectivity index (χ4n) is 1.12. The van der Waals surface area contributed by atoms with Gasteiger partial charge in [-0.05, 0) is 6.42 Å². The standard InChI is InChI=1S/C6H10N4/c1-2-3-4-5-6(8-7-5)9-10-6/h5H,2-4H2,1H3. The Hall–Kier alpha value is -0.800. The van der Waals surface area contributed by atoms with Crippen molar-refractivity contribution in [2.45, 2.75) is 38.0 Å². The van der Waals surface area contributed by atoms with E-state index in [4.69, 9.17) is 0 Å². The summed E-state index contributed by atoms with van der Waals surface area (Å²) in [5.74, 6) is -0.352. The molecule has 0 saturated carbocycles. The average Bonchev–Trinajstić information content (AvgIpc) is 2.66. The lowest BCUT2D eigenvalue weighted by Gasteiger charge is -2.20. The second-order valence-corrected chi connectivity index (χ2v) is 2.76. The van der Waals surface area contributed by atoms with Crippen molar-refractivity contribution >= 4 is 0 Å². The highest BCUT2D eigenvalue weighted by atomic mass is 15.6. The molecule has 1 unspecified atom stereocenters. The van der Waals surface area contributed by atoms with Crippen LogP contribution >= 0.6 is 0 Å². The normalized spacial score (nSPS) is 30.7. The molecule has 4 nitrogen and oxygen atoms in total. The first kappa shape index (κ1) is 5.95. The van der Waals surface area contributed by atoms with Crippen LogP contribution in [-0.2, 0) is 0 Å². The second-order valence-electron chi connectivity index (χ2n) is 2.76. The predicted molar refractivity (Wildman–Crippen MR) is 35.8 cm³/mol. The van der Waals surface area contributed by atoms with Gasteiger partial charge < -0.3 is 0 Å². The van der Waals surface area contributed by atoms with E-state index in [1.54, 1.807) is 0 Å². The van der Waals surface area contributed by atoms with E-state index >= 15 is 0 Å². The zero-order chi connectivity index (χ0) is 7.03. The van der Waals surface area contributed by atoms with Gasteiger partial charge in [-0.1, -0.05) is 19.8 Å². The minimum absolute atomic E-state index is 0.285. The molecule has 2 aliphatic rings. The van der Waals surface area contributed by atoms with Gasteiger partial charge in [0.05, 0.1) is 0 Å². The highest BCUT2D eigenvalue weighted by Crippen LogP contribution is 2.44. The van der Waals surface area contributed by atoms with E-state index in [9.17, 15) is 0 Å². The summed E-state index contributed by atoms with van der Waals surface area (Å²) in [5.41, 5.74) is 0. The van der Waals surface area contributed by atoms with Gasteiger partial charge in [-0.3, -0.25) is 0 Å². The van der Waals surface area contributed by atoms with Crippen molar-refractivity contribution in [2.75, 3.05) is 0 Å². The summed E-state index contributed by atoms with van der Waals surface area (Å²) < 4.78 is 0. The molecular weight excluding hydrogens is 128 g/mol. The summed E-state index contributed by atoms with van der Waals surface area (Å²) in [6.07, 6.45) is 3.51. The van der Waals surface area contributed by atoms with Gasteiger partial charge in [-0.25, -0.2) is 0 Å². The molecule has 0 saturated heterocycles. The molecule has 0 radical (unpaired) electrons. The Labute approximate surface area is 59.4 Å². The lowest BCUT2D eigenvalue weighted by Crippen LogP contribution is -2.32. The molecule has 1 atom stereocenters. The molecule has 0 aromatic carbocycles. The molecule has 2 heterocycles. The summed E-state index contributed by atoms with van der Waals surface area (Å²) >= 11 is 0. The molecule has 54 valence electrons. The first-order valence-corrected chi connectivity index (χ1v) is 3.73. The Bertz CT molecular complexity index is 190. The van der Waals surface area contributed by atoms with Gasteiger partial charge in [0.1, 0.15) is 6.04 Å². The van der Waals surface area contributed by atoms with Crippen LogP contribution in [0.15, 0.2) is 20.5 Å². The molecule has 4 heteroatoms. The Kier molecular flexibility index (Phi) is 1.09. The van der Waals surface area contributed by atoms with E-state index in [-0.39, 0.29) is 11.8 Å². The minimum atomic E-state index is -0.352. The summed E-state index contributed by atoms with van der Waals surface area (Å²) in [6, 6.07) is 0.285. The molecule has 0 aromatic heterocycles. The predicted octanol–water partition coefficient (Wildman–Crippen LogP) is 2.13. The van der Waals surface area contributed by atoms with E-state index < -0.39 is 0 Å². The van der Waals surface area contributed by atoms with Crippen molar-refractivity contribution in [2.24, 2.45) is 20.5 Å². The van der Waals surface area contributed by atoms with Gasteiger partial charge in [-0.15, -0.1) is 15.3 Å². The van der Waals surface area contributed by atoms with Crippen molar-refractivity contribution in [1.82, 2.24) is 0 Å². The van der Waals surface area contributed by atoms with Gasteiger partial charge in [-0.2, -0.15) is 5.11 Å². The van der Waals surface area contributed by atoms with Crippen molar-refractivity contribution in [3.8, 4) is 0 Å². The van der Waals surface area contributed by atoms with E-state index in [1.165, 1.54) is 12.8 Å². The van der Waals surface area contributed by atoms with Crippen LogP contribution in [0, 0.1) is 0 Å². The molecule has 0 N–H and O–H groups in total. The fourth-order valence-corrected chi connectivity index (χ4v) is 1.12. The van der Waals surface area contributed by atoms with Gasteiger partial charge >= 0.3 is 5.79 Å². The van der Waals surface area contributed by atoms with Crippen LogP contribution in [0.5, 0.6) is 0 Å². The molecule has 0 aromatic rings. The van der Waals surface area contributed by atoms with Crippen LogP contribution in [0.3, 0.4) is 0 Å². The Balaban J connectivity index is 1.81. The molecule has 2 rings (SSSR count). The monoisotopic (exact) mass is 138 g/mol. The van der Waals surface area contributed by atoms with E-state index in [1.807, 2.05) is 0 Å². The van der Waals surface area contributed by atoms with Crippen molar-refractivity contribution in [1.29, 1.82) is 0 Å². The van der Waals surface area contributed by atoms with Crippen LogP contribution in [0.4, 0.5) is 0 Å². The zero-order valence-electron chi connectivity index (χ0n) is 5.99.